The average Bonchev–Trinajstić information content (AvgIpc) is 3.19. The van der Waals surface area contributed by atoms with E-state index in [9.17, 15) is 4.79 Å². The maximum absolute atomic E-state index is 11.4. The number of para-hydroxylation sites is 1. The highest BCUT2D eigenvalue weighted by molar-refractivity contribution is 14.0. The van der Waals surface area contributed by atoms with Crippen LogP contribution in [-0.2, 0) is 6.54 Å². The Bertz CT molecular complexity index is 941. The molecule has 7 heteroatoms. The summed E-state index contributed by atoms with van der Waals surface area (Å²) in [7, 11) is 0. The third-order valence-electron chi connectivity index (χ3n) is 6.00. The maximum atomic E-state index is 11.4. The van der Waals surface area contributed by atoms with E-state index in [0.717, 1.165) is 43.1 Å². The summed E-state index contributed by atoms with van der Waals surface area (Å²) >= 11 is 0. The van der Waals surface area contributed by atoms with Gasteiger partial charge in [0.15, 0.2) is 5.96 Å². The van der Waals surface area contributed by atoms with E-state index in [-0.39, 0.29) is 35.6 Å². The monoisotopic (exact) mass is 534 g/mol. The smallest absolute Gasteiger partial charge is 0.248 e. The van der Waals surface area contributed by atoms with Crippen molar-refractivity contribution in [1.29, 1.82) is 0 Å². The van der Waals surface area contributed by atoms with Gasteiger partial charge in [-0.3, -0.25) is 4.79 Å². The summed E-state index contributed by atoms with van der Waals surface area (Å²) in [6.45, 7) is 3.29. The molecule has 2 aromatic carbocycles. The van der Waals surface area contributed by atoms with Gasteiger partial charge in [0.25, 0.3) is 0 Å². The van der Waals surface area contributed by atoms with Gasteiger partial charge in [0.05, 0.1) is 12.6 Å². The normalized spacial score (nSPS) is 19.1. The summed E-state index contributed by atoms with van der Waals surface area (Å²) < 4.78 is 6.47. The van der Waals surface area contributed by atoms with E-state index in [2.05, 4.69) is 35.8 Å². The Morgan fingerprint density at radius 1 is 1.19 bits per heavy atom. The van der Waals surface area contributed by atoms with Crippen LogP contribution < -0.4 is 21.1 Å². The number of ether oxygens (including phenoxy) is 1. The second kappa shape index (κ2) is 10.3. The predicted molar refractivity (Wildman–Crippen MR) is 134 cm³/mol. The molecule has 0 radical (unpaired) electrons. The number of carbonyl (C=O) groups is 1. The molecule has 1 saturated carbocycles. The van der Waals surface area contributed by atoms with E-state index in [1.165, 1.54) is 18.4 Å². The molecule has 1 amide bonds. The zero-order valence-corrected chi connectivity index (χ0v) is 20.2. The minimum absolute atomic E-state index is 0. The van der Waals surface area contributed by atoms with Crippen molar-refractivity contribution in [3.8, 4) is 5.75 Å². The largest absolute Gasteiger partial charge is 0.487 e. The molecule has 1 aliphatic heterocycles. The Balaban J connectivity index is 0.00000272. The number of primary amides is 1. The fraction of sp³-hybridized carbons (Fsp3) is 0.417. The Morgan fingerprint density at radius 2 is 1.97 bits per heavy atom. The summed E-state index contributed by atoms with van der Waals surface area (Å²) in [4.78, 5) is 16.2. The number of amides is 1. The molecule has 166 valence electrons. The molecule has 1 fully saturated rings. The highest BCUT2D eigenvalue weighted by Gasteiger charge is 2.43. The van der Waals surface area contributed by atoms with Crippen LogP contribution in [0.4, 0.5) is 0 Å². The van der Waals surface area contributed by atoms with Crippen molar-refractivity contribution in [3.05, 3.63) is 65.2 Å². The van der Waals surface area contributed by atoms with Crippen LogP contribution in [-0.4, -0.2) is 24.0 Å². The average molecular weight is 534 g/mol. The molecule has 1 aliphatic carbocycles. The number of hydrogen-bond acceptors (Lipinski definition) is 3. The SMILES string of the molecule is CCNC(=NCc1cccc(C(N)=O)c1)NC1CC2(CCCC2)Oc2ccccc21.I. The van der Waals surface area contributed by atoms with Crippen molar-refractivity contribution < 1.29 is 9.53 Å². The van der Waals surface area contributed by atoms with Gasteiger partial charge in [-0.15, -0.1) is 24.0 Å². The topological polar surface area (TPSA) is 88.7 Å². The van der Waals surface area contributed by atoms with Gasteiger partial charge >= 0.3 is 0 Å². The van der Waals surface area contributed by atoms with E-state index in [4.69, 9.17) is 15.5 Å². The number of carbonyl (C=O) groups excluding carboxylic acids is 1. The Morgan fingerprint density at radius 3 is 2.71 bits per heavy atom. The van der Waals surface area contributed by atoms with Crippen molar-refractivity contribution >= 4 is 35.8 Å². The minimum atomic E-state index is -0.425. The number of hydrogen-bond donors (Lipinski definition) is 3. The number of nitrogens with one attached hydrogen (secondary N) is 2. The van der Waals surface area contributed by atoms with Gasteiger partial charge in [0, 0.05) is 24.1 Å². The van der Waals surface area contributed by atoms with Gasteiger partial charge in [-0.05, 0) is 56.4 Å². The first kappa shape index (κ1) is 23.4. The second-order valence-electron chi connectivity index (χ2n) is 8.19. The lowest BCUT2D eigenvalue weighted by atomic mass is 9.86. The second-order valence-corrected chi connectivity index (χ2v) is 8.19. The quantitative estimate of drug-likeness (QED) is 0.303. The molecule has 0 bridgehead atoms. The van der Waals surface area contributed by atoms with Crippen LogP contribution >= 0.6 is 24.0 Å². The summed E-state index contributed by atoms with van der Waals surface area (Å²) in [5.74, 6) is 1.32. The molecule has 1 heterocycles. The third-order valence-corrected chi connectivity index (χ3v) is 6.00. The van der Waals surface area contributed by atoms with Crippen molar-refractivity contribution in [2.24, 2.45) is 10.7 Å². The van der Waals surface area contributed by atoms with E-state index in [0.29, 0.717) is 12.1 Å². The zero-order chi connectivity index (χ0) is 21.0. The number of nitrogens with zero attached hydrogens (tertiary/aromatic N) is 1. The molecule has 1 unspecified atom stereocenters. The third kappa shape index (κ3) is 5.50. The Kier molecular flexibility index (Phi) is 7.80. The van der Waals surface area contributed by atoms with E-state index >= 15 is 0 Å². The van der Waals surface area contributed by atoms with Crippen molar-refractivity contribution in [2.45, 2.75) is 57.2 Å². The van der Waals surface area contributed by atoms with Crippen LogP contribution in [0, 0.1) is 0 Å². The van der Waals surface area contributed by atoms with E-state index < -0.39 is 5.91 Å². The maximum Gasteiger partial charge on any atom is 0.248 e. The summed E-state index contributed by atoms with van der Waals surface area (Å²) in [5, 5.41) is 6.99. The van der Waals surface area contributed by atoms with Gasteiger partial charge in [0.1, 0.15) is 11.4 Å². The Hall–Kier alpha value is -2.29. The number of nitrogens with two attached hydrogens (primary N) is 1. The van der Waals surface area contributed by atoms with Crippen LogP contribution in [0.25, 0.3) is 0 Å². The molecule has 31 heavy (non-hydrogen) atoms. The lowest BCUT2D eigenvalue weighted by Gasteiger charge is -2.40. The van der Waals surface area contributed by atoms with Gasteiger partial charge in [-0.25, -0.2) is 4.99 Å². The molecular weight excluding hydrogens is 503 g/mol. The molecule has 4 N–H and O–H groups in total. The van der Waals surface area contributed by atoms with Gasteiger partial charge < -0.3 is 21.1 Å². The molecule has 6 nitrogen and oxygen atoms in total. The first-order valence-electron chi connectivity index (χ1n) is 10.8. The first-order chi connectivity index (χ1) is 14.6. The van der Waals surface area contributed by atoms with Crippen LogP contribution in [0.5, 0.6) is 5.75 Å². The molecule has 2 aromatic rings. The van der Waals surface area contributed by atoms with Gasteiger partial charge in [-0.1, -0.05) is 30.3 Å². The van der Waals surface area contributed by atoms with Crippen LogP contribution in [0.3, 0.4) is 0 Å². The summed E-state index contributed by atoms with van der Waals surface area (Å²) in [6, 6.07) is 15.8. The summed E-state index contributed by atoms with van der Waals surface area (Å²) in [6.07, 6.45) is 5.59. The Labute approximate surface area is 201 Å². The molecule has 0 saturated heterocycles. The standard InChI is InChI=1S/C24H30N4O2.HI/c1-2-26-23(27-16-17-8-7-9-18(14-17)22(25)29)28-20-15-24(12-5-6-13-24)30-21-11-4-3-10-19(20)21;/h3-4,7-11,14,20H,2,5-6,12-13,15-16H2,1H3,(H2,25,29)(H2,26,27,28);1H. The molecule has 1 atom stereocenters. The highest BCUT2D eigenvalue weighted by Crippen LogP contribution is 2.46. The number of fused-ring (bicyclic) bond motifs is 1. The van der Waals surface area contributed by atoms with E-state index in [1.54, 1.807) is 12.1 Å². The van der Waals surface area contributed by atoms with Crippen LogP contribution in [0.1, 0.15) is 66.6 Å². The van der Waals surface area contributed by atoms with Crippen LogP contribution in [0.15, 0.2) is 53.5 Å². The molecular formula is C24H31IN4O2. The molecule has 4 rings (SSSR count). The number of benzene rings is 2. The summed E-state index contributed by atoms with van der Waals surface area (Å²) in [5.41, 5.74) is 7.96. The molecule has 0 aromatic heterocycles. The van der Waals surface area contributed by atoms with E-state index in [1.807, 2.05) is 18.2 Å². The van der Waals surface area contributed by atoms with Crippen LogP contribution in [0.2, 0.25) is 0 Å². The lowest BCUT2D eigenvalue weighted by molar-refractivity contribution is 0.0396. The molecule has 2 aliphatic rings. The number of guanidine groups is 1. The van der Waals surface area contributed by atoms with Gasteiger partial charge in [-0.2, -0.15) is 0 Å². The number of halogens is 1. The minimum Gasteiger partial charge on any atom is -0.487 e. The van der Waals surface area contributed by atoms with Crippen molar-refractivity contribution in [3.63, 3.8) is 0 Å². The van der Waals surface area contributed by atoms with Crippen molar-refractivity contribution in [1.82, 2.24) is 10.6 Å². The molecule has 1 spiro atoms. The van der Waals surface area contributed by atoms with Crippen molar-refractivity contribution in [2.75, 3.05) is 6.54 Å². The number of rotatable bonds is 5. The highest BCUT2D eigenvalue weighted by atomic mass is 127. The fourth-order valence-electron chi connectivity index (χ4n) is 4.55. The number of aliphatic imine (C=N–C) groups is 1. The fourth-order valence-corrected chi connectivity index (χ4v) is 4.55. The predicted octanol–water partition coefficient (Wildman–Crippen LogP) is 4.30. The van der Waals surface area contributed by atoms with Gasteiger partial charge in [0.2, 0.25) is 5.91 Å². The lowest BCUT2D eigenvalue weighted by Crippen LogP contribution is -2.46. The zero-order valence-electron chi connectivity index (χ0n) is 17.9. The first-order valence-corrected chi connectivity index (χ1v) is 10.8.